The van der Waals surface area contributed by atoms with Crippen LogP contribution in [0.15, 0.2) is 18.2 Å². The van der Waals surface area contributed by atoms with Gasteiger partial charge in [-0.15, -0.1) is 0 Å². The fourth-order valence-corrected chi connectivity index (χ4v) is 1.31. The Bertz CT molecular complexity index is 348. The summed E-state index contributed by atoms with van der Waals surface area (Å²) in [7, 11) is 0. The molecule has 0 radical (unpaired) electrons. The smallest absolute Gasteiger partial charge is 0.390 e. The van der Waals surface area contributed by atoms with Gasteiger partial charge in [-0.3, -0.25) is 0 Å². The van der Waals surface area contributed by atoms with Crippen LogP contribution in [0.1, 0.15) is 17.5 Å². The lowest BCUT2D eigenvalue weighted by Crippen LogP contribution is -2.21. The summed E-state index contributed by atoms with van der Waals surface area (Å²) in [5.74, 6) is 0. The van der Waals surface area contributed by atoms with Crippen molar-refractivity contribution in [3.8, 4) is 0 Å². The number of rotatable bonds is 4. The van der Waals surface area contributed by atoms with Crippen molar-refractivity contribution in [1.82, 2.24) is 5.32 Å². The summed E-state index contributed by atoms with van der Waals surface area (Å²) in [4.78, 5) is 0. The van der Waals surface area contributed by atoms with Crippen molar-refractivity contribution in [2.24, 2.45) is 0 Å². The van der Waals surface area contributed by atoms with E-state index < -0.39 is 12.6 Å². The average molecular weight is 232 g/mol. The molecule has 2 nitrogen and oxygen atoms in total. The molecule has 0 fully saturated rings. The minimum absolute atomic E-state index is 0.0626. The maximum absolute atomic E-state index is 11.8. The highest BCUT2D eigenvalue weighted by molar-refractivity contribution is 5.47. The van der Waals surface area contributed by atoms with E-state index in [0.717, 1.165) is 11.1 Å². The Kier molecular flexibility index (Phi) is 4.18. The molecule has 0 aliphatic carbocycles. The summed E-state index contributed by atoms with van der Waals surface area (Å²) >= 11 is 0. The maximum Gasteiger partial charge on any atom is 0.390 e. The van der Waals surface area contributed by atoms with Crippen LogP contribution in [0.5, 0.6) is 0 Å². The third-order valence-corrected chi connectivity index (χ3v) is 2.25. The van der Waals surface area contributed by atoms with Crippen LogP contribution in [0.4, 0.5) is 18.9 Å². The molecule has 0 bridgehead atoms. The van der Waals surface area contributed by atoms with Crippen molar-refractivity contribution in [1.29, 1.82) is 0 Å². The van der Waals surface area contributed by atoms with Crippen molar-refractivity contribution in [3.05, 3.63) is 29.3 Å². The molecule has 0 amide bonds. The molecule has 1 aromatic carbocycles. The molecular weight excluding hydrogens is 217 g/mol. The van der Waals surface area contributed by atoms with Crippen LogP contribution in [0.2, 0.25) is 0 Å². The lowest BCUT2D eigenvalue weighted by Gasteiger charge is -2.08. The second-order valence-corrected chi connectivity index (χ2v) is 3.73. The first-order chi connectivity index (χ1) is 7.38. The predicted octanol–water partition coefficient (Wildman–Crippen LogP) is 2.62. The van der Waals surface area contributed by atoms with E-state index in [1.54, 1.807) is 6.07 Å². The summed E-state index contributed by atoms with van der Waals surface area (Å²) < 4.78 is 35.5. The number of halogens is 3. The number of anilines is 1. The van der Waals surface area contributed by atoms with Crippen LogP contribution in [0, 0.1) is 6.92 Å². The first-order valence-corrected chi connectivity index (χ1v) is 5.01. The van der Waals surface area contributed by atoms with Gasteiger partial charge in [0, 0.05) is 18.8 Å². The molecule has 16 heavy (non-hydrogen) atoms. The van der Waals surface area contributed by atoms with Crippen LogP contribution in [-0.2, 0) is 6.54 Å². The van der Waals surface area contributed by atoms with E-state index in [-0.39, 0.29) is 6.54 Å². The summed E-state index contributed by atoms with van der Waals surface area (Å²) in [6.45, 7) is 2.23. The Balaban J connectivity index is 2.35. The molecule has 0 aliphatic heterocycles. The second-order valence-electron chi connectivity index (χ2n) is 3.73. The maximum atomic E-state index is 11.8. The van der Waals surface area contributed by atoms with E-state index in [1.165, 1.54) is 0 Å². The third kappa shape index (κ3) is 4.53. The molecule has 0 aliphatic rings. The average Bonchev–Trinajstić information content (AvgIpc) is 2.17. The number of alkyl halides is 3. The highest BCUT2D eigenvalue weighted by Crippen LogP contribution is 2.18. The van der Waals surface area contributed by atoms with E-state index in [0.29, 0.717) is 12.2 Å². The molecule has 0 saturated carbocycles. The molecule has 0 atom stereocenters. The van der Waals surface area contributed by atoms with Crippen molar-refractivity contribution in [3.63, 3.8) is 0 Å². The largest absolute Gasteiger partial charge is 0.399 e. The van der Waals surface area contributed by atoms with E-state index in [1.807, 2.05) is 19.1 Å². The number of hydrogen-bond donors (Lipinski definition) is 2. The van der Waals surface area contributed by atoms with Crippen LogP contribution in [0.25, 0.3) is 0 Å². The lowest BCUT2D eigenvalue weighted by molar-refractivity contribution is -0.133. The predicted molar refractivity (Wildman–Crippen MR) is 58.0 cm³/mol. The zero-order valence-electron chi connectivity index (χ0n) is 9.06. The summed E-state index contributed by atoms with van der Waals surface area (Å²) in [5.41, 5.74) is 8.20. The van der Waals surface area contributed by atoms with Gasteiger partial charge in [-0.05, 0) is 24.1 Å². The van der Waals surface area contributed by atoms with Crippen LogP contribution >= 0.6 is 0 Å². The minimum Gasteiger partial charge on any atom is -0.399 e. The van der Waals surface area contributed by atoms with E-state index >= 15 is 0 Å². The van der Waals surface area contributed by atoms with E-state index in [4.69, 9.17) is 5.73 Å². The molecule has 90 valence electrons. The Labute approximate surface area is 92.6 Å². The molecule has 0 unspecified atom stereocenters. The summed E-state index contributed by atoms with van der Waals surface area (Å²) in [6.07, 6.45) is -4.90. The summed E-state index contributed by atoms with van der Waals surface area (Å²) in [6, 6.07) is 5.44. The zero-order chi connectivity index (χ0) is 12.2. The van der Waals surface area contributed by atoms with Crippen molar-refractivity contribution in [2.75, 3.05) is 12.3 Å². The fraction of sp³-hybridized carbons (Fsp3) is 0.455. The van der Waals surface area contributed by atoms with Gasteiger partial charge in [-0.2, -0.15) is 13.2 Å². The van der Waals surface area contributed by atoms with Gasteiger partial charge in [-0.25, -0.2) is 0 Å². The normalized spacial score (nSPS) is 11.8. The van der Waals surface area contributed by atoms with Crippen LogP contribution in [0.3, 0.4) is 0 Å². The van der Waals surface area contributed by atoms with Crippen LogP contribution < -0.4 is 11.1 Å². The summed E-state index contributed by atoms with van der Waals surface area (Å²) in [5, 5.41) is 2.74. The van der Waals surface area contributed by atoms with Gasteiger partial charge in [0.15, 0.2) is 0 Å². The fourth-order valence-electron chi connectivity index (χ4n) is 1.31. The van der Waals surface area contributed by atoms with E-state index in [2.05, 4.69) is 5.32 Å². The van der Waals surface area contributed by atoms with Gasteiger partial charge >= 0.3 is 6.18 Å². The monoisotopic (exact) mass is 232 g/mol. The number of aryl methyl sites for hydroxylation is 1. The number of nitrogens with two attached hydrogens (primary N) is 1. The number of nitrogen functional groups attached to an aromatic ring is 1. The van der Waals surface area contributed by atoms with Gasteiger partial charge in [0.25, 0.3) is 0 Å². The second kappa shape index (κ2) is 5.21. The standard InChI is InChI=1S/C11H15F3N2/c1-8-6-9(2-3-10(8)15)7-16-5-4-11(12,13)14/h2-3,6,16H,4-5,7,15H2,1H3. The molecule has 1 rings (SSSR count). The molecule has 0 heterocycles. The number of hydrogen-bond acceptors (Lipinski definition) is 2. The first-order valence-electron chi connectivity index (χ1n) is 5.01. The molecule has 0 saturated heterocycles. The highest BCUT2D eigenvalue weighted by atomic mass is 19.4. The zero-order valence-corrected chi connectivity index (χ0v) is 9.06. The first kappa shape index (κ1) is 12.8. The van der Waals surface area contributed by atoms with Gasteiger partial charge in [0.2, 0.25) is 0 Å². The van der Waals surface area contributed by atoms with Crippen molar-refractivity contribution in [2.45, 2.75) is 26.1 Å². The Morgan fingerprint density at radius 3 is 2.56 bits per heavy atom. The molecule has 1 aromatic rings. The molecule has 0 spiro atoms. The molecular formula is C11H15F3N2. The SMILES string of the molecule is Cc1cc(CNCCC(F)(F)F)ccc1N. The Morgan fingerprint density at radius 2 is 2.00 bits per heavy atom. The van der Waals surface area contributed by atoms with Gasteiger partial charge in [-0.1, -0.05) is 12.1 Å². The van der Waals surface area contributed by atoms with Gasteiger partial charge < -0.3 is 11.1 Å². The van der Waals surface area contributed by atoms with Crippen molar-refractivity contribution < 1.29 is 13.2 Å². The topological polar surface area (TPSA) is 38.0 Å². The lowest BCUT2D eigenvalue weighted by atomic mass is 10.1. The van der Waals surface area contributed by atoms with Crippen LogP contribution in [-0.4, -0.2) is 12.7 Å². The van der Waals surface area contributed by atoms with Gasteiger partial charge in [0.1, 0.15) is 0 Å². The Hall–Kier alpha value is -1.23. The minimum atomic E-state index is -4.09. The molecule has 0 aromatic heterocycles. The molecule has 5 heteroatoms. The van der Waals surface area contributed by atoms with Gasteiger partial charge in [0.05, 0.1) is 6.42 Å². The highest BCUT2D eigenvalue weighted by Gasteiger charge is 2.25. The number of benzene rings is 1. The number of nitrogens with one attached hydrogen (secondary N) is 1. The van der Waals surface area contributed by atoms with E-state index in [9.17, 15) is 13.2 Å². The molecule has 3 N–H and O–H groups in total. The Morgan fingerprint density at radius 1 is 1.31 bits per heavy atom. The third-order valence-electron chi connectivity index (χ3n) is 2.25. The van der Waals surface area contributed by atoms with Crippen molar-refractivity contribution >= 4 is 5.69 Å². The quantitative estimate of drug-likeness (QED) is 0.618.